The topological polar surface area (TPSA) is 55.4 Å². The Hall–Kier alpha value is -1.49. The lowest BCUT2D eigenvalue weighted by Crippen LogP contribution is -2.31. The lowest BCUT2D eigenvalue weighted by molar-refractivity contribution is -0.146. The molecule has 1 aliphatic heterocycles. The van der Waals surface area contributed by atoms with Crippen LogP contribution in [0.25, 0.3) is 0 Å². The van der Waals surface area contributed by atoms with Crippen LogP contribution < -0.4 is 5.32 Å². The highest BCUT2D eigenvalue weighted by molar-refractivity contribution is 8.01. The molecule has 0 aromatic heterocycles. The molecule has 118 valence electrons. The van der Waals surface area contributed by atoms with Crippen molar-refractivity contribution in [3.8, 4) is 0 Å². The molecule has 1 heterocycles. The van der Waals surface area contributed by atoms with E-state index in [-0.39, 0.29) is 18.3 Å². The third-order valence-corrected chi connectivity index (χ3v) is 5.54. The molecule has 1 fully saturated rings. The molecular weight excluding hydrogens is 298 g/mol. The Balaban J connectivity index is 1.50. The molecular formula is C17H21NO3S. The van der Waals surface area contributed by atoms with Crippen molar-refractivity contribution in [3.63, 3.8) is 0 Å². The molecule has 0 radical (unpaired) electrons. The summed E-state index contributed by atoms with van der Waals surface area (Å²) in [5.41, 5.74) is 0.823. The second kappa shape index (κ2) is 7.18. The predicted octanol–water partition coefficient (Wildman–Crippen LogP) is 3.61. The van der Waals surface area contributed by atoms with E-state index < -0.39 is 5.25 Å². The quantitative estimate of drug-likeness (QED) is 0.861. The number of thioether (sulfide) groups is 1. The number of carbonyl (C=O) groups is 2. The summed E-state index contributed by atoms with van der Waals surface area (Å²) in [6, 6.07) is 7.65. The molecule has 0 unspecified atom stereocenters. The molecule has 0 spiro atoms. The SMILES string of the molecule is O=C(C[C@@H]1Sc2ccccc2NC1=O)OCC1CCCCC1. The average Bonchev–Trinajstić information content (AvgIpc) is 2.55. The van der Waals surface area contributed by atoms with Crippen LogP contribution >= 0.6 is 11.8 Å². The highest BCUT2D eigenvalue weighted by atomic mass is 32.2. The largest absolute Gasteiger partial charge is 0.465 e. The molecule has 1 aliphatic carbocycles. The molecule has 1 amide bonds. The van der Waals surface area contributed by atoms with E-state index in [0.29, 0.717) is 12.5 Å². The number of hydrogen-bond donors (Lipinski definition) is 1. The van der Waals surface area contributed by atoms with E-state index >= 15 is 0 Å². The van der Waals surface area contributed by atoms with Gasteiger partial charge in [0.2, 0.25) is 5.91 Å². The third-order valence-electron chi connectivity index (χ3n) is 4.26. The molecule has 0 saturated heterocycles. The fourth-order valence-electron chi connectivity index (χ4n) is 3.00. The van der Waals surface area contributed by atoms with Crippen molar-refractivity contribution in [1.29, 1.82) is 0 Å². The maximum absolute atomic E-state index is 12.1. The summed E-state index contributed by atoms with van der Waals surface area (Å²) in [7, 11) is 0. The van der Waals surface area contributed by atoms with Crippen LogP contribution in [0.2, 0.25) is 0 Å². The number of ether oxygens (including phenoxy) is 1. The molecule has 2 aliphatic rings. The van der Waals surface area contributed by atoms with Crippen LogP contribution in [-0.2, 0) is 14.3 Å². The number of fused-ring (bicyclic) bond motifs is 1. The van der Waals surface area contributed by atoms with Gasteiger partial charge >= 0.3 is 5.97 Å². The van der Waals surface area contributed by atoms with E-state index in [0.717, 1.165) is 23.4 Å². The first-order valence-electron chi connectivity index (χ1n) is 7.94. The number of para-hydroxylation sites is 1. The van der Waals surface area contributed by atoms with Crippen molar-refractivity contribution in [3.05, 3.63) is 24.3 Å². The van der Waals surface area contributed by atoms with Crippen LogP contribution in [0.4, 0.5) is 5.69 Å². The van der Waals surface area contributed by atoms with Gasteiger partial charge in [-0.05, 0) is 30.9 Å². The van der Waals surface area contributed by atoms with Crippen molar-refractivity contribution in [2.24, 2.45) is 5.92 Å². The van der Waals surface area contributed by atoms with Gasteiger partial charge in [-0.25, -0.2) is 0 Å². The van der Waals surface area contributed by atoms with E-state index in [4.69, 9.17) is 4.74 Å². The van der Waals surface area contributed by atoms with Gasteiger partial charge in [-0.1, -0.05) is 31.4 Å². The molecule has 1 atom stereocenters. The minimum atomic E-state index is -0.395. The maximum atomic E-state index is 12.1. The molecule has 3 rings (SSSR count). The lowest BCUT2D eigenvalue weighted by Gasteiger charge is -2.24. The van der Waals surface area contributed by atoms with Gasteiger partial charge in [0.1, 0.15) is 0 Å². The number of rotatable bonds is 4. The predicted molar refractivity (Wildman–Crippen MR) is 86.9 cm³/mol. The second-order valence-electron chi connectivity index (χ2n) is 5.98. The number of carbonyl (C=O) groups excluding carboxylic acids is 2. The van der Waals surface area contributed by atoms with Gasteiger partial charge in [0, 0.05) is 4.90 Å². The number of hydrogen-bond acceptors (Lipinski definition) is 4. The minimum Gasteiger partial charge on any atom is -0.465 e. The maximum Gasteiger partial charge on any atom is 0.307 e. The lowest BCUT2D eigenvalue weighted by atomic mass is 9.90. The second-order valence-corrected chi connectivity index (χ2v) is 7.23. The van der Waals surface area contributed by atoms with Gasteiger partial charge in [-0.3, -0.25) is 9.59 Å². The van der Waals surface area contributed by atoms with Crippen molar-refractivity contribution in [1.82, 2.24) is 0 Å². The summed E-state index contributed by atoms with van der Waals surface area (Å²) >= 11 is 1.44. The smallest absolute Gasteiger partial charge is 0.307 e. The number of nitrogens with one attached hydrogen (secondary N) is 1. The molecule has 22 heavy (non-hydrogen) atoms. The van der Waals surface area contributed by atoms with E-state index in [1.54, 1.807) is 0 Å². The standard InChI is InChI=1S/C17H21NO3S/c19-16(21-11-12-6-2-1-3-7-12)10-15-17(20)18-13-8-4-5-9-14(13)22-15/h4-5,8-9,12,15H,1-3,6-7,10-11H2,(H,18,20)/t15-/m0/s1. The van der Waals surface area contributed by atoms with Crippen LogP contribution in [0.3, 0.4) is 0 Å². The van der Waals surface area contributed by atoms with Gasteiger partial charge < -0.3 is 10.1 Å². The molecule has 5 heteroatoms. The van der Waals surface area contributed by atoms with Crippen LogP contribution in [0.15, 0.2) is 29.2 Å². The Bertz CT molecular complexity index is 555. The van der Waals surface area contributed by atoms with Gasteiger partial charge in [0.25, 0.3) is 0 Å². The summed E-state index contributed by atoms with van der Waals surface area (Å²) in [5, 5.41) is 2.46. The first-order chi connectivity index (χ1) is 10.7. The van der Waals surface area contributed by atoms with Gasteiger partial charge in [-0.15, -0.1) is 11.8 Å². The molecule has 4 nitrogen and oxygen atoms in total. The van der Waals surface area contributed by atoms with Gasteiger partial charge in [0.15, 0.2) is 0 Å². The van der Waals surface area contributed by atoms with E-state index in [2.05, 4.69) is 5.32 Å². The van der Waals surface area contributed by atoms with Gasteiger partial charge in [-0.2, -0.15) is 0 Å². The van der Waals surface area contributed by atoms with E-state index in [1.807, 2.05) is 24.3 Å². The van der Waals surface area contributed by atoms with E-state index in [9.17, 15) is 9.59 Å². The highest BCUT2D eigenvalue weighted by Gasteiger charge is 2.29. The highest BCUT2D eigenvalue weighted by Crippen LogP contribution is 2.36. The fraction of sp³-hybridized carbons (Fsp3) is 0.529. The van der Waals surface area contributed by atoms with Crippen LogP contribution in [0.1, 0.15) is 38.5 Å². The summed E-state index contributed by atoms with van der Waals surface area (Å²) < 4.78 is 5.39. The molecule has 1 N–H and O–H groups in total. The molecule has 1 aromatic carbocycles. The summed E-state index contributed by atoms with van der Waals surface area (Å²) in [5.74, 6) is 0.127. The normalized spacial score (nSPS) is 21.8. The van der Waals surface area contributed by atoms with Crippen molar-refractivity contribution < 1.29 is 14.3 Å². The number of amides is 1. The first-order valence-corrected chi connectivity index (χ1v) is 8.82. The summed E-state index contributed by atoms with van der Waals surface area (Å²) in [6.07, 6.45) is 6.21. The number of esters is 1. The molecule has 0 bridgehead atoms. The summed E-state index contributed by atoms with van der Waals surface area (Å²) in [4.78, 5) is 25.1. The fourth-order valence-corrected chi connectivity index (χ4v) is 4.10. The summed E-state index contributed by atoms with van der Waals surface area (Å²) in [6.45, 7) is 0.508. The Morgan fingerprint density at radius 3 is 2.82 bits per heavy atom. The average molecular weight is 319 g/mol. The van der Waals surface area contributed by atoms with Crippen molar-refractivity contribution >= 4 is 29.3 Å². The zero-order chi connectivity index (χ0) is 15.4. The van der Waals surface area contributed by atoms with Gasteiger partial charge in [0.05, 0.1) is 24.0 Å². The minimum absolute atomic E-state index is 0.113. The molecule has 1 aromatic rings. The van der Waals surface area contributed by atoms with E-state index in [1.165, 1.54) is 31.0 Å². The Morgan fingerprint density at radius 2 is 2.00 bits per heavy atom. The number of anilines is 1. The Morgan fingerprint density at radius 1 is 1.23 bits per heavy atom. The Kier molecular flexibility index (Phi) is 5.03. The Labute approximate surface area is 135 Å². The van der Waals surface area contributed by atoms with Crippen molar-refractivity contribution in [2.45, 2.75) is 48.7 Å². The first kappa shape index (κ1) is 15.4. The van der Waals surface area contributed by atoms with Crippen LogP contribution in [0.5, 0.6) is 0 Å². The third kappa shape index (κ3) is 3.83. The monoisotopic (exact) mass is 319 g/mol. The zero-order valence-electron chi connectivity index (χ0n) is 12.5. The number of benzene rings is 1. The van der Waals surface area contributed by atoms with Crippen LogP contribution in [0, 0.1) is 5.92 Å². The van der Waals surface area contributed by atoms with Crippen molar-refractivity contribution in [2.75, 3.05) is 11.9 Å². The van der Waals surface area contributed by atoms with Crippen LogP contribution in [-0.4, -0.2) is 23.7 Å². The molecule has 1 saturated carbocycles. The zero-order valence-corrected chi connectivity index (χ0v) is 13.4.